The highest BCUT2D eigenvalue weighted by molar-refractivity contribution is 5.72. The molecule has 5 nitrogen and oxygen atoms in total. The summed E-state index contributed by atoms with van der Waals surface area (Å²) in [6.45, 7) is 3.90. The topological polar surface area (TPSA) is 70.0 Å². The first-order chi connectivity index (χ1) is 11.5. The van der Waals surface area contributed by atoms with Crippen molar-refractivity contribution >= 4 is 5.91 Å². The number of hydroxylamine groups is 2. The molecule has 2 aromatic carbocycles. The lowest BCUT2D eigenvalue weighted by Gasteiger charge is -2.22. The zero-order valence-corrected chi connectivity index (χ0v) is 14.0. The number of aromatic hydroxyl groups is 2. The summed E-state index contributed by atoms with van der Waals surface area (Å²) in [6, 6.07) is 12.3. The maximum atomic E-state index is 11.9. The van der Waals surface area contributed by atoms with Crippen LogP contribution in [0.15, 0.2) is 42.5 Å². The molecule has 0 spiro atoms. The van der Waals surface area contributed by atoms with E-state index in [2.05, 4.69) is 6.92 Å². The van der Waals surface area contributed by atoms with Gasteiger partial charge in [-0.3, -0.25) is 4.79 Å². The second-order valence-corrected chi connectivity index (χ2v) is 5.64. The third kappa shape index (κ3) is 4.65. The number of aryl methyl sites for hydroxylation is 1. The van der Waals surface area contributed by atoms with Crippen molar-refractivity contribution in [2.45, 2.75) is 33.1 Å². The monoisotopic (exact) mass is 329 g/mol. The highest BCUT2D eigenvalue weighted by Crippen LogP contribution is 2.25. The van der Waals surface area contributed by atoms with Crippen LogP contribution in [0, 0.1) is 0 Å². The summed E-state index contributed by atoms with van der Waals surface area (Å²) in [5.74, 6) is 0.162. The van der Waals surface area contributed by atoms with Gasteiger partial charge in [-0.05, 0) is 42.2 Å². The summed E-state index contributed by atoms with van der Waals surface area (Å²) in [4.78, 5) is 17.7. The summed E-state index contributed by atoms with van der Waals surface area (Å²) in [5.41, 5.74) is 1.87. The maximum Gasteiger partial charge on any atom is 0.252 e. The van der Waals surface area contributed by atoms with Crippen molar-refractivity contribution in [1.82, 2.24) is 5.06 Å². The number of carbonyl (C=O) groups excluding carboxylic acids is 1. The van der Waals surface area contributed by atoms with Crippen molar-refractivity contribution < 1.29 is 19.8 Å². The minimum absolute atomic E-state index is 0.160. The van der Waals surface area contributed by atoms with E-state index in [9.17, 15) is 15.0 Å². The molecule has 5 heteroatoms. The van der Waals surface area contributed by atoms with Crippen LogP contribution in [0.2, 0.25) is 0 Å². The molecule has 0 atom stereocenters. The van der Waals surface area contributed by atoms with Crippen molar-refractivity contribution in [3.8, 4) is 17.2 Å². The van der Waals surface area contributed by atoms with Crippen LogP contribution < -0.4 is 4.84 Å². The van der Waals surface area contributed by atoms with Crippen LogP contribution in [0.3, 0.4) is 0 Å². The molecular formula is C19H23NO4. The number of phenolic OH excluding ortho intramolecular Hbond substituents is 2. The Labute approximate surface area is 142 Å². The molecule has 0 aliphatic heterocycles. The molecule has 0 aromatic heterocycles. The number of phenols is 2. The van der Waals surface area contributed by atoms with Crippen LogP contribution in [0.25, 0.3) is 0 Å². The Bertz CT molecular complexity index is 700. The summed E-state index contributed by atoms with van der Waals surface area (Å²) in [7, 11) is 0. The van der Waals surface area contributed by atoms with Gasteiger partial charge in [0.05, 0.1) is 6.54 Å². The van der Waals surface area contributed by atoms with Crippen LogP contribution in [0.1, 0.15) is 31.4 Å². The molecule has 1 amide bonds. The highest BCUT2D eigenvalue weighted by atomic mass is 16.7. The van der Waals surface area contributed by atoms with E-state index >= 15 is 0 Å². The number of amides is 1. The molecule has 2 N–H and O–H groups in total. The molecule has 0 saturated heterocycles. The van der Waals surface area contributed by atoms with Gasteiger partial charge >= 0.3 is 0 Å². The van der Waals surface area contributed by atoms with Gasteiger partial charge in [-0.1, -0.05) is 37.6 Å². The zero-order chi connectivity index (χ0) is 17.5. The predicted molar refractivity (Wildman–Crippen MR) is 91.9 cm³/mol. The Hall–Kier alpha value is -2.69. The molecule has 0 heterocycles. The predicted octanol–water partition coefficient (Wildman–Crippen LogP) is 3.44. The normalized spacial score (nSPS) is 10.4. The van der Waals surface area contributed by atoms with Crippen LogP contribution in [-0.2, 0) is 17.6 Å². The molecule has 0 aliphatic carbocycles. The Morgan fingerprint density at radius 3 is 2.50 bits per heavy atom. The Morgan fingerprint density at radius 1 is 1.08 bits per heavy atom. The van der Waals surface area contributed by atoms with Gasteiger partial charge in [0, 0.05) is 6.92 Å². The standard InChI is InChI=1S/C19H23NO4/c1-3-6-16-7-4-5-8-19(16)24-20(14(2)21)12-11-15-9-10-17(22)18(23)13-15/h4-5,7-10,13,22-23H,3,6,11-12H2,1-2H3. The molecule has 0 radical (unpaired) electrons. The minimum Gasteiger partial charge on any atom is -0.504 e. The van der Waals surface area contributed by atoms with Gasteiger partial charge < -0.3 is 15.1 Å². The van der Waals surface area contributed by atoms with Gasteiger partial charge in [0.2, 0.25) is 0 Å². The number of para-hydroxylation sites is 1. The maximum absolute atomic E-state index is 11.9. The molecule has 0 unspecified atom stereocenters. The first-order valence-corrected chi connectivity index (χ1v) is 8.06. The first-order valence-electron chi connectivity index (χ1n) is 8.06. The number of nitrogens with zero attached hydrogens (tertiary/aromatic N) is 1. The fourth-order valence-electron chi connectivity index (χ4n) is 2.41. The van der Waals surface area contributed by atoms with E-state index in [-0.39, 0.29) is 17.4 Å². The molecular weight excluding hydrogens is 306 g/mol. The van der Waals surface area contributed by atoms with E-state index < -0.39 is 0 Å². The summed E-state index contributed by atoms with van der Waals surface area (Å²) in [6.07, 6.45) is 2.38. The van der Waals surface area contributed by atoms with Gasteiger partial charge in [0.25, 0.3) is 5.91 Å². The van der Waals surface area contributed by atoms with Crippen molar-refractivity contribution in [3.63, 3.8) is 0 Å². The third-order valence-electron chi connectivity index (χ3n) is 3.70. The van der Waals surface area contributed by atoms with Crippen molar-refractivity contribution in [1.29, 1.82) is 0 Å². The quantitative estimate of drug-likeness (QED) is 0.603. The molecule has 0 aliphatic rings. The van der Waals surface area contributed by atoms with Crippen LogP contribution >= 0.6 is 0 Å². The Kier molecular flexibility index (Phi) is 6.07. The molecule has 0 bridgehead atoms. The SMILES string of the molecule is CCCc1ccccc1ON(CCc1ccc(O)c(O)c1)C(C)=O. The van der Waals surface area contributed by atoms with Gasteiger partial charge in [0.1, 0.15) is 0 Å². The number of hydrogen-bond donors (Lipinski definition) is 2. The van der Waals surface area contributed by atoms with E-state index in [4.69, 9.17) is 4.84 Å². The van der Waals surface area contributed by atoms with Crippen molar-refractivity contribution in [2.24, 2.45) is 0 Å². The van der Waals surface area contributed by atoms with E-state index in [1.807, 2.05) is 24.3 Å². The lowest BCUT2D eigenvalue weighted by molar-refractivity contribution is -0.154. The highest BCUT2D eigenvalue weighted by Gasteiger charge is 2.14. The van der Waals surface area contributed by atoms with Gasteiger partial charge in [0.15, 0.2) is 17.2 Å². The third-order valence-corrected chi connectivity index (χ3v) is 3.70. The number of carbonyl (C=O) groups is 1. The average Bonchev–Trinajstić information content (AvgIpc) is 2.56. The van der Waals surface area contributed by atoms with Crippen molar-refractivity contribution in [3.05, 3.63) is 53.6 Å². The fourth-order valence-corrected chi connectivity index (χ4v) is 2.41. The fraction of sp³-hybridized carbons (Fsp3) is 0.316. The van der Waals surface area contributed by atoms with Gasteiger partial charge in [-0.25, -0.2) is 0 Å². The van der Waals surface area contributed by atoms with Gasteiger partial charge in [-0.2, -0.15) is 5.06 Å². The van der Waals surface area contributed by atoms with E-state index in [1.165, 1.54) is 24.1 Å². The molecule has 2 aromatic rings. The molecule has 0 fully saturated rings. The zero-order valence-electron chi connectivity index (χ0n) is 14.0. The molecule has 24 heavy (non-hydrogen) atoms. The number of benzene rings is 2. The minimum atomic E-state index is -0.190. The average molecular weight is 329 g/mol. The Morgan fingerprint density at radius 2 is 1.83 bits per heavy atom. The molecule has 2 rings (SSSR count). The largest absolute Gasteiger partial charge is 0.504 e. The number of rotatable bonds is 7. The summed E-state index contributed by atoms with van der Waals surface area (Å²) < 4.78 is 0. The van der Waals surface area contributed by atoms with Gasteiger partial charge in [-0.15, -0.1) is 0 Å². The van der Waals surface area contributed by atoms with E-state index in [0.717, 1.165) is 24.0 Å². The van der Waals surface area contributed by atoms with Crippen molar-refractivity contribution in [2.75, 3.05) is 6.54 Å². The smallest absolute Gasteiger partial charge is 0.252 e. The summed E-state index contributed by atoms with van der Waals surface area (Å²) in [5, 5.41) is 20.2. The lowest BCUT2D eigenvalue weighted by atomic mass is 10.1. The first kappa shape index (κ1) is 17.7. The Balaban J connectivity index is 2.07. The second kappa shape index (κ2) is 8.24. The molecule has 0 saturated carbocycles. The van der Waals surface area contributed by atoms with E-state index in [0.29, 0.717) is 18.7 Å². The van der Waals surface area contributed by atoms with E-state index in [1.54, 1.807) is 6.07 Å². The summed E-state index contributed by atoms with van der Waals surface area (Å²) >= 11 is 0. The lowest BCUT2D eigenvalue weighted by Crippen LogP contribution is -2.34. The van der Waals surface area contributed by atoms with Crippen LogP contribution in [-0.4, -0.2) is 27.7 Å². The molecule has 128 valence electrons. The van der Waals surface area contributed by atoms with Crippen LogP contribution in [0.5, 0.6) is 17.2 Å². The number of hydrogen-bond acceptors (Lipinski definition) is 4. The second-order valence-electron chi connectivity index (χ2n) is 5.64. The van der Waals surface area contributed by atoms with Crippen LogP contribution in [0.4, 0.5) is 0 Å².